The summed E-state index contributed by atoms with van der Waals surface area (Å²) in [5, 5.41) is 10.3. The molecule has 0 radical (unpaired) electrons. The summed E-state index contributed by atoms with van der Waals surface area (Å²) in [7, 11) is 1.58. The standard InChI is InChI=1S/C16H17NO3/c1-20-10-7-8-14-12(9-10)15(16(18)19)11-5-3-2-4-6-13(11)17-14/h7-9H,2-6H2,1H3,(H,18,19). The zero-order valence-electron chi connectivity index (χ0n) is 11.5. The molecule has 0 spiro atoms. The highest BCUT2D eigenvalue weighted by Gasteiger charge is 2.21. The monoisotopic (exact) mass is 271 g/mol. The van der Waals surface area contributed by atoms with Gasteiger partial charge in [-0.1, -0.05) is 6.42 Å². The zero-order valence-corrected chi connectivity index (χ0v) is 11.5. The average Bonchev–Trinajstić information content (AvgIpc) is 2.68. The minimum absolute atomic E-state index is 0.408. The largest absolute Gasteiger partial charge is 0.497 e. The molecule has 0 saturated heterocycles. The number of fused-ring (bicyclic) bond motifs is 2. The van der Waals surface area contributed by atoms with E-state index < -0.39 is 5.97 Å². The molecule has 0 atom stereocenters. The SMILES string of the molecule is COc1ccc2nc3c(c(C(=O)O)c2c1)CCCCC3. The summed E-state index contributed by atoms with van der Waals surface area (Å²) >= 11 is 0. The Hall–Kier alpha value is -2.10. The number of aryl methyl sites for hydroxylation is 1. The molecule has 1 N–H and O–H groups in total. The first kappa shape index (κ1) is 12.9. The Bertz CT molecular complexity index is 679. The lowest BCUT2D eigenvalue weighted by molar-refractivity contribution is 0.0697. The molecule has 4 heteroatoms. The normalized spacial score (nSPS) is 14.7. The second-order valence-electron chi connectivity index (χ2n) is 5.16. The molecule has 0 saturated carbocycles. The molecule has 1 heterocycles. The number of ether oxygens (including phenoxy) is 1. The third kappa shape index (κ3) is 2.11. The van der Waals surface area contributed by atoms with Crippen LogP contribution in [0.1, 0.15) is 40.9 Å². The maximum Gasteiger partial charge on any atom is 0.336 e. The summed E-state index contributed by atoms with van der Waals surface area (Å²) in [6, 6.07) is 5.44. The van der Waals surface area contributed by atoms with Crippen LogP contribution in [0.4, 0.5) is 0 Å². The molecular formula is C16H17NO3. The Balaban J connectivity index is 2.34. The first-order chi connectivity index (χ1) is 9.70. The van der Waals surface area contributed by atoms with Gasteiger partial charge in [-0.2, -0.15) is 0 Å². The first-order valence-electron chi connectivity index (χ1n) is 6.93. The molecule has 3 rings (SSSR count). The number of carbonyl (C=O) groups is 1. The van der Waals surface area contributed by atoms with Gasteiger partial charge in [-0.25, -0.2) is 4.79 Å². The Morgan fingerprint density at radius 1 is 1.25 bits per heavy atom. The smallest absolute Gasteiger partial charge is 0.336 e. The van der Waals surface area contributed by atoms with Crippen LogP contribution >= 0.6 is 0 Å². The number of carboxylic acids is 1. The summed E-state index contributed by atoms with van der Waals surface area (Å²) < 4.78 is 5.21. The highest BCUT2D eigenvalue weighted by molar-refractivity contribution is 6.04. The highest BCUT2D eigenvalue weighted by Crippen LogP contribution is 2.30. The van der Waals surface area contributed by atoms with Gasteiger partial charge in [0.2, 0.25) is 0 Å². The second kappa shape index (κ2) is 5.12. The van der Waals surface area contributed by atoms with Gasteiger partial charge in [-0.3, -0.25) is 4.98 Å². The van der Waals surface area contributed by atoms with Crippen LogP contribution in [0.5, 0.6) is 5.75 Å². The molecule has 1 aliphatic rings. The quantitative estimate of drug-likeness (QED) is 0.852. The van der Waals surface area contributed by atoms with E-state index in [1.165, 1.54) is 0 Å². The minimum atomic E-state index is -0.871. The van der Waals surface area contributed by atoms with Gasteiger partial charge in [0.15, 0.2) is 0 Å². The molecule has 1 aliphatic carbocycles. The van der Waals surface area contributed by atoms with E-state index in [1.54, 1.807) is 13.2 Å². The van der Waals surface area contributed by atoms with Crippen molar-refractivity contribution in [3.8, 4) is 5.75 Å². The van der Waals surface area contributed by atoms with Crippen molar-refractivity contribution in [1.82, 2.24) is 4.98 Å². The molecule has 0 fully saturated rings. The van der Waals surface area contributed by atoms with E-state index in [9.17, 15) is 9.90 Å². The van der Waals surface area contributed by atoms with E-state index in [2.05, 4.69) is 4.98 Å². The summed E-state index contributed by atoms with van der Waals surface area (Å²) in [5.41, 5.74) is 3.02. The maximum absolute atomic E-state index is 11.7. The number of hydrogen-bond donors (Lipinski definition) is 1. The van der Waals surface area contributed by atoms with Crippen LogP contribution in [0.3, 0.4) is 0 Å². The van der Waals surface area contributed by atoms with E-state index in [-0.39, 0.29) is 0 Å². The molecule has 104 valence electrons. The second-order valence-corrected chi connectivity index (χ2v) is 5.16. The molecular weight excluding hydrogens is 254 g/mol. The molecule has 0 unspecified atom stereocenters. The van der Waals surface area contributed by atoms with Crippen LogP contribution in [0.2, 0.25) is 0 Å². The van der Waals surface area contributed by atoms with Crippen LogP contribution in [-0.2, 0) is 12.8 Å². The van der Waals surface area contributed by atoms with Crippen molar-refractivity contribution in [2.24, 2.45) is 0 Å². The Kier molecular flexibility index (Phi) is 3.30. The highest BCUT2D eigenvalue weighted by atomic mass is 16.5. The molecule has 20 heavy (non-hydrogen) atoms. The molecule has 2 aromatic rings. The molecule has 1 aromatic carbocycles. The van der Waals surface area contributed by atoms with Crippen LogP contribution in [0.15, 0.2) is 18.2 Å². The van der Waals surface area contributed by atoms with E-state index in [0.29, 0.717) is 16.7 Å². The lowest BCUT2D eigenvalue weighted by atomic mass is 9.97. The van der Waals surface area contributed by atoms with Gasteiger partial charge >= 0.3 is 5.97 Å². The van der Waals surface area contributed by atoms with Crippen molar-refractivity contribution in [3.63, 3.8) is 0 Å². The fourth-order valence-electron chi connectivity index (χ4n) is 2.95. The van der Waals surface area contributed by atoms with Crippen molar-refractivity contribution in [1.29, 1.82) is 0 Å². The number of pyridine rings is 1. The number of hydrogen-bond acceptors (Lipinski definition) is 3. The lowest BCUT2D eigenvalue weighted by Gasteiger charge is -2.13. The first-order valence-corrected chi connectivity index (χ1v) is 6.93. The number of rotatable bonds is 2. The fraction of sp³-hybridized carbons (Fsp3) is 0.375. The van der Waals surface area contributed by atoms with E-state index in [0.717, 1.165) is 48.9 Å². The summed E-state index contributed by atoms with van der Waals surface area (Å²) in [4.78, 5) is 16.4. The van der Waals surface area contributed by atoms with Crippen molar-refractivity contribution in [2.75, 3.05) is 7.11 Å². The number of benzene rings is 1. The summed E-state index contributed by atoms with van der Waals surface area (Å²) in [6.07, 6.45) is 4.93. The van der Waals surface area contributed by atoms with Crippen LogP contribution in [0, 0.1) is 0 Å². The van der Waals surface area contributed by atoms with Gasteiger partial charge in [0.1, 0.15) is 5.75 Å². The summed E-state index contributed by atoms with van der Waals surface area (Å²) in [5.74, 6) is -0.209. The van der Waals surface area contributed by atoms with Gasteiger partial charge < -0.3 is 9.84 Å². The zero-order chi connectivity index (χ0) is 14.1. The van der Waals surface area contributed by atoms with E-state index in [4.69, 9.17) is 4.74 Å². The maximum atomic E-state index is 11.7. The van der Waals surface area contributed by atoms with Crippen LogP contribution in [0.25, 0.3) is 10.9 Å². The van der Waals surface area contributed by atoms with E-state index in [1.807, 2.05) is 12.1 Å². The van der Waals surface area contributed by atoms with Crippen molar-refractivity contribution >= 4 is 16.9 Å². The molecule has 0 bridgehead atoms. The lowest BCUT2D eigenvalue weighted by Crippen LogP contribution is -2.08. The van der Waals surface area contributed by atoms with Crippen molar-refractivity contribution < 1.29 is 14.6 Å². The Morgan fingerprint density at radius 2 is 2.05 bits per heavy atom. The predicted octanol–water partition coefficient (Wildman–Crippen LogP) is 3.21. The number of carboxylic acid groups (broad SMARTS) is 1. The van der Waals surface area contributed by atoms with E-state index >= 15 is 0 Å². The van der Waals surface area contributed by atoms with Crippen LogP contribution < -0.4 is 4.74 Å². The van der Waals surface area contributed by atoms with Gasteiger partial charge in [-0.15, -0.1) is 0 Å². The summed E-state index contributed by atoms with van der Waals surface area (Å²) in [6.45, 7) is 0. The molecule has 0 aliphatic heterocycles. The molecule has 0 amide bonds. The van der Waals surface area contributed by atoms with Gasteiger partial charge in [0, 0.05) is 11.1 Å². The van der Waals surface area contributed by atoms with Gasteiger partial charge in [0.25, 0.3) is 0 Å². The average molecular weight is 271 g/mol. The minimum Gasteiger partial charge on any atom is -0.497 e. The molecule has 1 aromatic heterocycles. The number of nitrogens with zero attached hydrogens (tertiary/aromatic N) is 1. The van der Waals surface area contributed by atoms with Gasteiger partial charge in [0.05, 0.1) is 18.2 Å². The third-order valence-corrected chi connectivity index (χ3v) is 3.93. The topological polar surface area (TPSA) is 59.4 Å². The predicted molar refractivity (Wildman–Crippen MR) is 76.5 cm³/mol. The number of aromatic carboxylic acids is 1. The number of aromatic nitrogens is 1. The Morgan fingerprint density at radius 3 is 2.80 bits per heavy atom. The van der Waals surface area contributed by atoms with Crippen molar-refractivity contribution in [3.05, 3.63) is 35.0 Å². The number of methoxy groups -OCH3 is 1. The molecule has 4 nitrogen and oxygen atoms in total. The third-order valence-electron chi connectivity index (χ3n) is 3.93. The fourth-order valence-corrected chi connectivity index (χ4v) is 2.95. The van der Waals surface area contributed by atoms with Crippen LogP contribution in [-0.4, -0.2) is 23.2 Å². The van der Waals surface area contributed by atoms with Gasteiger partial charge in [-0.05, 0) is 49.4 Å². The Labute approximate surface area is 117 Å². The van der Waals surface area contributed by atoms with Crippen molar-refractivity contribution in [2.45, 2.75) is 32.1 Å².